The molecule has 1 aromatic heterocycles. The van der Waals surface area contributed by atoms with Crippen molar-refractivity contribution < 1.29 is 22.7 Å². The third-order valence-corrected chi connectivity index (χ3v) is 7.29. The quantitative estimate of drug-likeness (QED) is 0.602. The first kappa shape index (κ1) is 23.2. The predicted molar refractivity (Wildman–Crippen MR) is 122 cm³/mol. The van der Waals surface area contributed by atoms with Crippen molar-refractivity contribution in [3.8, 4) is 11.1 Å². The van der Waals surface area contributed by atoms with Gasteiger partial charge in [-0.1, -0.05) is 6.07 Å². The van der Waals surface area contributed by atoms with Gasteiger partial charge in [0, 0.05) is 56.7 Å². The number of carbonyl (C=O) groups is 1. The molecule has 1 aromatic carbocycles. The SMILES string of the molecule is O=C1CCCN1CC1CCN(c2ccc(-c3cnn(C4CCCCO4)c3)cc2C(F)(F)F)CC1. The molecule has 0 bridgehead atoms. The van der Waals surface area contributed by atoms with Gasteiger partial charge in [0.15, 0.2) is 0 Å². The molecular weight excluding hydrogens is 445 g/mol. The highest BCUT2D eigenvalue weighted by atomic mass is 19.4. The maximum atomic E-state index is 14.1. The molecule has 0 N–H and O–H groups in total. The Balaban J connectivity index is 1.31. The van der Waals surface area contributed by atoms with Crippen molar-refractivity contribution in [2.45, 2.75) is 57.3 Å². The van der Waals surface area contributed by atoms with Crippen LogP contribution in [0.2, 0.25) is 0 Å². The topological polar surface area (TPSA) is 50.6 Å². The van der Waals surface area contributed by atoms with Crippen LogP contribution in [0.5, 0.6) is 0 Å². The minimum atomic E-state index is -4.45. The summed E-state index contributed by atoms with van der Waals surface area (Å²) in [5, 5.41) is 4.35. The van der Waals surface area contributed by atoms with Crippen molar-refractivity contribution >= 4 is 11.6 Å². The van der Waals surface area contributed by atoms with Crippen LogP contribution in [0.25, 0.3) is 11.1 Å². The van der Waals surface area contributed by atoms with E-state index >= 15 is 0 Å². The second-order valence-corrected chi connectivity index (χ2v) is 9.63. The number of amides is 1. The molecule has 3 aliphatic rings. The summed E-state index contributed by atoms with van der Waals surface area (Å²) < 4.78 is 49.7. The van der Waals surface area contributed by atoms with E-state index in [9.17, 15) is 18.0 Å². The molecule has 1 unspecified atom stereocenters. The highest BCUT2D eigenvalue weighted by Crippen LogP contribution is 2.40. The number of carbonyl (C=O) groups excluding carboxylic acids is 1. The van der Waals surface area contributed by atoms with Crippen LogP contribution in [0, 0.1) is 5.92 Å². The molecule has 5 rings (SSSR count). The minimum absolute atomic E-state index is 0.152. The molecule has 0 saturated carbocycles. The zero-order valence-electron chi connectivity index (χ0n) is 19.3. The van der Waals surface area contributed by atoms with Gasteiger partial charge in [-0.2, -0.15) is 18.3 Å². The number of piperidine rings is 1. The number of benzene rings is 1. The third kappa shape index (κ3) is 4.94. The molecule has 6 nitrogen and oxygen atoms in total. The number of aromatic nitrogens is 2. The molecule has 2 aromatic rings. The highest BCUT2D eigenvalue weighted by molar-refractivity contribution is 5.78. The fourth-order valence-corrected chi connectivity index (χ4v) is 5.36. The Morgan fingerprint density at radius 3 is 2.53 bits per heavy atom. The molecule has 0 aliphatic carbocycles. The van der Waals surface area contributed by atoms with Crippen LogP contribution in [0.1, 0.15) is 56.7 Å². The monoisotopic (exact) mass is 476 g/mol. The number of anilines is 1. The van der Waals surface area contributed by atoms with Crippen LogP contribution in [0.3, 0.4) is 0 Å². The molecule has 3 fully saturated rings. The van der Waals surface area contributed by atoms with Gasteiger partial charge >= 0.3 is 6.18 Å². The summed E-state index contributed by atoms with van der Waals surface area (Å²) in [4.78, 5) is 15.7. The van der Waals surface area contributed by atoms with E-state index in [1.807, 2.05) is 9.80 Å². The summed E-state index contributed by atoms with van der Waals surface area (Å²) in [6.45, 7) is 3.34. The molecule has 34 heavy (non-hydrogen) atoms. The van der Waals surface area contributed by atoms with E-state index < -0.39 is 11.7 Å². The maximum Gasteiger partial charge on any atom is 0.418 e. The number of halogens is 3. The number of likely N-dealkylation sites (tertiary alicyclic amines) is 1. The fourth-order valence-electron chi connectivity index (χ4n) is 5.36. The average molecular weight is 477 g/mol. The van der Waals surface area contributed by atoms with Crippen molar-refractivity contribution in [2.75, 3.05) is 37.7 Å². The zero-order valence-corrected chi connectivity index (χ0v) is 19.3. The molecule has 4 heterocycles. The first-order chi connectivity index (χ1) is 16.4. The van der Waals surface area contributed by atoms with Crippen molar-refractivity contribution in [2.24, 2.45) is 5.92 Å². The molecular formula is C25H31F3N4O2. The number of hydrogen-bond acceptors (Lipinski definition) is 4. The van der Waals surface area contributed by atoms with E-state index in [-0.39, 0.29) is 17.8 Å². The number of alkyl halides is 3. The van der Waals surface area contributed by atoms with E-state index in [2.05, 4.69) is 5.10 Å². The second kappa shape index (κ2) is 9.60. The fraction of sp³-hybridized carbons (Fsp3) is 0.600. The lowest BCUT2D eigenvalue weighted by atomic mass is 9.94. The van der Waals surface area contributed by atoms with Crippen molar-refractivity contribution in [1.29, 1.82) is 0 Å². The van der Waals surface area contributed by atoms with Gasteiger partial charge in [-0.05, 0) is 62.1 Å². The first-order valence-electron chi connectivity index (χ1n) is 12.3. The average Bonchev–Trinajstić information content (AvgIpc) is 3.49. The largest absolute Gasteiger partial charge is 0.418 e. The van der Waals surface area contributed by atoms with Crippen LogP contribution >= 0.6 is 0 Å². The second-order valence-electron chi connectivity index (χ2n) is 9.63. The van der Waals surface area contributed by atoms with Crippen molar-refractivity contribution in [3.63, 3.8) is 0 Å². The predicted octanol–water partition coefficient (Wildman–Crippen LogP) is 5.11. The summed E-state index contributed by atoms with van der Waals surface area (Å²) in [5.41, 5.74) is 0.774. The number of hydrogen-bond donors (Lipinski definition) is 0. The van der Waals surface area contributed by atoms with E-state index in [4.69, 9.17) is 4.74 Å². The van der Waals surface area contributed by atoms with Crippen LogP contribution in [0.15, 0.2) is 30.6 Å². The normalized spacial score (nSPS) is 22.6. The standard InChI is InChI=1S/C25H31F3N4O2/c26-25(27,28)21-14-19(20-15-29-32(17-20)24-5-1-2-13-34-24)6-7-22(21)30-11-8-18(9-12-30)16-31-10-3-4-23(31)33/h6-7,14-15,17-18,24H,1-5,8-13,16H2. The molecule has 9 heteroatoms. The van der Waals surface area contributed by atoms with E-state index in [0.29, 0.717) is 43.2 Å². The Hall–Kier alpha value is -2.55. The van der Waals surface area contributed by atoms with Crippen LogP contribution in [-0.2, 0) is 15.7 Å². The van der Waals surface area contributed by atoms with Crippen LogP contribution in [-0.4, -0.2) is 53.4 Å². The van der Waals surface area contributed by atoms with Crippen molar-refractivity contribution in [3.05, 3.63) is 36.2 Å². The maximum absolute atomic E-state index is 14.1. The smallest absolute Gasteiger partial charge is 0.371 e. The number of ether oxygens (including phenoxy) is 1. The van der Waals surface area contributed by atoms with Crippen LogP contribution in [0.4, 0.5) is 18.9 Å². The summed E-state index contributed by atoms with van der Waals surface area (Å²) in [5.74, 6) is 0.551. The van der Waals surface area contributed by atoms with Gasteiger partial charge in [0.2, 0.25) is 5.91 Å². The van der Waals surface area contributed by atoms with Gasteiger partial charge in [-0.25, -0.2) is 4.68 Å². The molecule has 1 atom stereocenters. The summed E-state index contributed by atoms with van der Waals surface area (Å²) in [6, 6.07) is 4.59. The lowest BCUT2D eigenvalue weighted by molar-refractivity contribution is -0.137. The molecule has 1 amide bonds. The van der Waals surface area contributed by atoms with E-state index in [1.165, 1.54) is 6.07 Å². The number of rotatable bonds is 5. The number of nitrogens with zero attached hydrogens (tertiary/aromatic N) is 4. The Bertz CT molecular complexity index is 1010. The molecule has 3 aliphatic heterocycles. The first-order valence-corrected chi connectivity index (χ1v) is 12.3. The van der Waals surface area contributed by atoms with Gasteiger partial charge in [0.25, 0.3) is 0 Å². The molecule has 0 radical (unpaired) electrons. The molecule has 0 spiro atoms. The zero-order chi connectivity index (χ0) is 23.7. The minimum Gasteiger partial charge on any atom is -0.371 e. The van der Waals surface area contributed by atoms with Gasteiger partial charge in [0.1, 0.15) is 6.23 Å². The van der Waals surface area contributed by atoms with Crippen LogP contribution < -0.4 is 4.90 Å². The van der Waals surface area contributed by atoms with Gasteiger partial charge < -0.3 is 14.5 Å². The Morgan fingerprint density at radius 1 is 1.03 bits per heavy atom. The lowest BCUT2D eigenvalue weighted by Gasteiger charge is -2.36. The summed E-state index contributed by atoms with van der Waals surface area (Å²) >= 11 is 0. The van der Waals surface area contributed by atoms with Gasteiger partial charge in [-0.3, -0.25) is 4.79 Å². The summed E-state index contributed by atoms with van der Waals surface area (Å²) in [7, 11) is 0. The van der Waals surface area contributed by atoms with Gasteiger partial charge in [0.05, 0.1) is 11.8 Å². The molecule has 3 saturated heterocycles. The van der Waals surface area contributed by atoms with Crippen molar-refractivity contribution in [1.82, 2.24) is 14.7 Å². The lowest BCUT2D eigenvalue weighted by Crippen LogP contribution is -2.39. The third-order valence-electron chi connectivity index (χ3n) is 7.29. The Kier molecular flexibility index (Phi) is 6.55. The van der Waals surface area contributed by atoms with E-state index in [0.717, 1.165) is 51.6 Å². The van der Waals surface area contributed by atoms with Gasteiger partial charge in [-0.15, -0.1) is 0 Å². The summed E-state index contributed by atoms with van der Waals surface area (Å²) in [6.07, 6.45) is 4.82. The molecule has 184 valence electrons. The van der Waals surface area contributed by atoms with E-state index in [1.54, 1.807) is 29.2 Å². The Labute approximate surface area is 197 Å². The Morgan fingerprint density at radius 2 is 1.85 bits per heavy atom. The highest BCUT2D eigenvalue weighted by Gasteiger charge is 2.36.